The number of nitrogens with zero attached hydrogens (tertiary/aromatic N) is 2. The summed E-state index contributed by atoms with van der Waals surface area (Å²) in [6, 6.07) is 14.4. The lowest BCUT2D eigenvalue weighted by Gasteiger charge is -2.06. The first kappa shape index (κ1) is 19.3. The number of anilines is 3. The number of aryl methyl sites for hydroxylation is 1. The van der Waals surface area contributed by atoms with Gasteiger partial charge in [-0.2, -0.15) is 0 Å². The number of hydrogen-bond donors (Lipinski definition) is 2. The molecule has 0 aliphatic carbocycles. The number of benzene rings is 2. The standard InChI is InChI=1S/C19H16N4OS2.ClH/c1-11-17(26-19(20-11)21-12(2)24)16-10-25-18(23-16)22-15-9-5-7-13-6-3-4-8-14(13)15;/h3-10H,1-2H3,(H,22,23)(H,20,21,24);1H. The maximum atomic E-state index is 11.2. The first-order valence-corrected chi connectivity index (χ1v) is 9.75. The molecule has 0 radical (unpaired) electrons. The van der Waals surface area contributed by atoms with Crippen molar-refractivity contribution in [1.82, 2.24) is 9.97 Å². The minimum Gasteiger partial charge on any atom is -0.331 e. The molecule has 4 rings (SSSR count). The molecule has 0 atom stereocenters. The Morgan fingerprint density at radius 3 is 2.63 bits per heavy atom. The molecule has 27 heavy (non-hydrogen) atoms. The van der Waals surface area contributed by atoms with Gasteiger partial charge in [0, 0.05) is 23.4 Å². The van der Waals surface area contributed by atoms with E-state index in [0.29, 0.717) is 5.13 Å². The number of carbonyl (C=O) groups is 1. The Bertz CT molecular complexity index is 1100. The first-order chi connectivity index (χ1) is 12.6. The van der Waals surface area contributed by atoms with E-state index in [2.05, 4.69) is 39.9 Å². The predicted molar refractivity (Wildman–Crippen MR) is 117 cm³/mol. The van der Waals surface area contributed by atoms with Crippen LogP contribution in [0.1, 0.15) is 12.6 Å². The first-order valence-electron chi connectivity index (χ1n) is 8.06. The smallest absolute Gasteiger partial charge is 0.223 e. The predicted octanol–water partition coefficient (Wildman–Crippen LogP) is 5.85. The van der Waals surface area contributed by atoms with Crippen LogP contribution in [0.25, 0.3) is 21.3 Å². The van der Waals surface area contributed by atoms with Crippen molar-refractivity contribution in [2.75, 3.05) is 10.6 Å². The molecule has 0 fully saturated rings. The largest absolute Gasteiger partial charge is 0.331 e. The van der Waals surface area contributed by atoms with Crippen molar-refractivity contribution in [2.24, 2.45) is 0 Å². The maximum Gasteiger partial charge on any atom is 0.223 e. The van der Waals surface area contributed by atoms with Gasteiger partial charge in [0.15, 0.2) is 10.3 Å². The minimum absolute atomic E-state index is 0. The Labute approximate surface area is 170 Å². The van der Waals surface area contributed by atoms with E-state index < -0.39 is 0 Å². The van der Waals surface area contributed by atoms with Gasteiger partial charge in [-0.15, -0.1) is 23.7 Å². The van der Waals surface area contributed by atoms with Crippen LogP contribution in [-0.2, 0) is 4.79 Å². The average Bonchev–Trinajstić information content (AvgIpc) is 3.21. The van der Waals surface area contributed by atoms with Gasteiger partial charge in [-0.05, 0) is 18.4 Å². The van der Waals surface area contributed by atoms with Gasteiger partial charge >= 0.3 is 0 Å². The van der Waals surface area contributed by atoms with Gasteiger partial charge in [-0.1, -0.05) is 47.7 Å². The lowest BCUT2D eigenvalue weighted by Crippen LogP contribution is -2.04. The number of rotatable bonds is 4. The molecule has 0 bridgehead atoms. The van der Waals surface area contributed by atoms with Crippen molar-refractivity contribution in [2.45, 2.75) is 13.8 Å². The summed E-state index contributed by atoms with van der Waals surface area (Å²) in [7, 11) is 0. The van der Waals surface area contributed by atoms with E-state index in [1.807, 2.05) is 30.5 Å². The number of hydrogen-bond acceptors (Lipinski definition) is 6. The quantitative estimate of drug-likeness (QED) is 0.437. The zero-order chi connectivity index (χ0) is 18.1. The van der Waals surface area contributed by atoms with Crippen molar-refractivity contribution in [3.63, 3.8) is 0 Å². The fraction of sp³-hybridized carbons (Fsp3) is 0.105. The summed E-state index contributed by atoms with van der Waals surface area (Å²) in [5.41, 5.74) is 2.76. The Hall–Kier alpha value is -2.48. The van der Waals surface area contributed by atoms with Crippen molar-refractivity contribution >= 4 is 67.7 Å². The van der Waals surface area contributed by atoms with Gasteiger partial charge in [0.2, 0.25) is 5.91 Å². The molecule has 0 spiro atoms. The molecule has 2 N–H and O–H groups in total. The highest BCUT2D eigenvalue weighted by Crippen LogP contribution is 2.36. The third kappa shape index (κ3) is 4.10. The zero-order valence-electron chi connectivity index (χ0n) is 14.6. The Kier molecular flexibility index (Phi) is 5.74. The van der Waals surface area contributed by atoms with Crippen LogP contribution >= 0.6 is 35.1 Å². The molecule has 2 heterocycles. The lowest BCUT2D eigenvalue weighted by molar-refractivity contribution is -0.114. The molecule has 0 unspecified atom stereocenters. The van der Waals surface area contributed by atoms with E-state index >= 15 is 0 Å². The van der Waals surface area contributed by atoms with Crippen LogP contribution in [0.5, 0.6) is 0 Å². The number of thiazole rings is 2. The summed E-state index contributed by atoms with van der Waals surface area (Å²) in [6.07, 6.45) is 0. The summed E-state index contributed by atoms with van der Waals surface area (Å²) < 4.78 is 0. The summed E-state index contributed by atoms with van der Waals surface area (Å²) in [5, 5.41) is 11.9. The number of carbonyl (C=O) groups excluding carboxylic acids is 1. The summed E-state index contributed by atoms with van der Waals surface area (Å²) in [4.78, 5) is 21.3. The van der Waals surface area contributed by atoms with Crippen molar-refractivity contribution in [3.05, 3.63) is 53.5 Å². The highest BCUT2D eigenvalue weighted by Gasteiger charge is 2.14. The molecule has 5 nitrogen and oxygen atoms in total. The summed E-state index contributed by atoms with van der Waals surface area (Å²) in [5.74, 6) is -0.123. The van der Waals surface area contributed by atoms with E-state index in [1.165, 1.54) is 23.6 Å². The van der Waals surface area contributed by atoms with E-state index in [-0.39, 0.29) is 18.3 Å². The van der Waals surface area contributed by atoms with Crippen LogP contribution in [0.2, 0.25) is 0 Å². The second-order valence-electron chi connectivity index (χ2n) is 5.80. The maximum absolute atomic E-state index is 11.2. The van der Waals surface area contributed by atoms with Gasteiger partial charge in [-0.25, -0.2) is 9.97 Å². The highest BCUT2D eigenvalue weighted by atomic mass is 35.5. The van der Waals surface area contributed by atoms with Crippen LogP contribution in [-0.4, -0.2) is 15.9 Å². The van der Waals surface area contributed by atoms with Gasteiger partial charge in [0.25, 0.3) is 0 Å². The van der Waals surface area contributed by atoms with Crippen LogP contribution < -0.4 is 10.6 Å². The Morgan fingerprint density at radius 2 is 1.81 bits per heavy atom. The van der Waals surface area contributed by atoms with Gasteiger partial charge in [0.1, 0.15) is 0 Å². The molecule has 0 aliphatic heterocycles. The molecule has 2 aromatic carbocycles. The van der Waals surface area contributed by atoms with Gasteiger partial charge in [0.05, 0.1) is 16.3 Å². The summed E-state index contributed by atoms with van der Waals surface area (Å²) in [6.45, 7) is 3.40. The molecule has 4 aromatic rings. The van der Waals surface area contributed by atoms with E-state index in [0.717, 1.165) is 32.5 Å². The Morgan fingerprint density at radius 1 is 1.04 bits per heavy atom. The Balaban J connectivity index is 0.00000210. The average molecular weight is 417 g/mol. The van der Waals surface area contributed by atoms with Crippen LogP contribution in [0, 0.1) is 6.92 Å². The number of amides is 1. The molecule has 0 saturated heterocycles. The lowest BCUT2D eigenvalue weighted by atomic mass is 10.1. The SMILES string of the molecule is CC(=O)Nc1nc(C)c(-c2csc(Nc3cccc4ccccc34)n2)s1.Cl. The number of aromatic nitrogens is 2. The highest BCUT2D eigenvalue weighted by molar-refractivity contribution is 7.20. The second-order valence-corrected chi connectivity index (χ2v) is 7.66. The number of halogens is 1. The van der Waals surface area contributed by atoms with Crippen molar-refractivity contribution in [1.29, 1.82) is 0 Å². The van der Waals surface area contributed by atoms with Crippen LogP contribution in [0.3, 0.4) is 0 Å². The van der Waals surface area contributed by atoms with Crippen LogP contribution in [0.4, 0.5) is 16.0 Å². The molecule has 0 saturated carbocycles. The third-order valence-corrected chi connectivity index (χ3v) is 5.70. The number of fused-ring (bicyclic) bond motifs is 1. The molecule has 2 aromatic heterocycles. The van der Waals surface area contributed by atoms with E-state index in [9.17, 15) is 4.79 Å². The molecular weight excluding hydrogens is 400 g/mol. The topological polar surface area (TPSA) is 66.9 Å². The van der Waals surface area contributed by atoms with Gasteiger partial charge < -0.3 is 10.6 Å². The normalized spacial score (nSPS) is 10.4. The minimum atomic E-state index is -0.123. The molecular formula is C19H17ClN4OS2. The van der Waals surface area contributed by atoms with Crippen molar-refractivity contribution in [3.8, 4) is 10.6 Å². The van der Waals surface area contributed by atoms with Gasteiger partial charge in [-0.3, -0.25) is 4.79 Å². The van der Waals surface area contributed by atoms with E-state index in [1.54, 1.807) is 11.3 Å². The molecule has 1 amide bonds. The molecule has 8 heteroatoms. The van der Waals surface area contributed by atoms with E-state index in [4.69, 9.17) is 4.98 Å². The fourth-order valence-electron chi connectivity index (χ4n) is 2.72. The third-order valence-electron chi connectivity index (χ3n) is 3.85. The zero-order valence-corrected chi connectivity index (χ0v) is 17.1. The number of nitrogens with one attached hydrogen (secondary N) is 2. The van der Waals surface area contributed by atoms with Crippen molar-refractivity contribution < 1.29 is 4.79 Å². The second kappa shape index (κ2) is 8.04. The molecule has 138 valence electrons. The monoisotopic (exact) mass is 416 g/mol. The molecule has 0 aliphatic rings. The van der Waals surface area contributed by atoms with Crippen LogP contribution in [0.15, 0.2) is 47.8 Å². The fourth-order valence-corrected chi connectivity index (χ4v) is 4.48. The summed E-state index contributed by atoms with van der Waals surface area (Å²) >= 11 is 2.99.